The minimum atomic E-state index is -3.76. The van der Waals surface area contributed by atoms with Crippen LogP contribution in [0.25, 0.3) is 0 Å². The Bertz CT molecular complexity index is 589. The first-order valence-corrected chi connectivity index (χ1v) is 8.10. The number of hydrogen-bond donors (Lipinski definition) is 2. The normalized spacial score (nSPS) is 12.7. The number of benzene rings is 1. The van der Waals surface area contributed by atoms with Crippen molar-refractivity contribution in [2.45, 2.75) is 30.9 Å². The van der Waals surface area contributed by atoms with Gasteiger partial charge in [-0.1, -0.05) is 23.2 Å². The minimum Gasteiger partial charge on any atom is -0.377 e. The molecule has 5 nitrogen and oxygen atoms in total. The quantitative estimate of drug-likeness (QED) is 0.831. The molecule has 1 aromatic rings. The molecule has 0 aliphatic rings. The highest BCUT2D eigenvalue weighted by Gasteiger charge is 2.25. The summed E-state index contributed by atoms with van der Waals surface area (Å²) >= 11 is 12.0. The summed E-state index contributed by atoms with van der Waals surface area (Å²) in [6.07, 6.45) is 0. The molecule has 0 saturated carbocycles. The molecule has 3 N–H and O–H groups in total. The van der Waals surface area contributed by atoms with Gasteiger partial charge in [0.25, 0.3) is 0 Å². The standard InChI is InChI=1S/C12H18Cl2N2O3S/c1-12(2,19-3)7-16-20(17,18)10-5-4-9(13)8(6-15)11(10)14/h4-5,16H,6-7,15H2,1-3H3. The summed E-state index contributed by atoms with van der Waals surface area (Å²) in [4.78, 5) is -0.0454. The van der Waals surface area contributed by atoms with Gasteiger partial charge in [0, 0.05) is 30.8 Å². The van der Waals surface area contributed by atoms with Crippen LogP contribution in [0.15, 0.2) is 17.0 Å². The van der Waals surface area contributed by atoms with Gasteiger partial charge in [0.2, 0.25) is 10.0 Å². The van der Waals surface area contributed by atoms with Crippen LogP contribution in [-0.2, 0) is 21.3 Å². The second-order valence-corrected chi connectivity index (χ2v) is 7.35. The van der Waals surface area contributed by atoms with Gasteiger partial charge >= 0.3 is 0 Å². The van der Waals surface area contributed by atoms with Gasteiger partial charge in [-0.15, -0.1) is 0 Å². The molecule has 0 unspecified atom stereocenters. The van der Waals surface area contributed by atoms with E-state index in [-0.39, 0.29) is 23.0 Å². The van der Waals surface area contributed by atoms with Crippen LogP contribution in [0.5, 0.6) is 0 Å². The lowest BCUT2D eigenvalue weighted by Gasteiger charge is -2.23. The molecule has 1 aromatic carbocycles. The molecule has 0 fully saturated rings. The van der Waals surface area contributed by atoms with Crippen LogP contribution in [0, 0.1) is 0 Å². The molecule has 114 valence electrons. The molecule has 0 atom stereocenters. The Hall–Kier alpha value is -0.370. The molecule has 20 heavy (non-hydrogen) atoms. The molecule has 0 bridgehead atoms. The first-order chi connectivity index (χ1) is 9.14. The highest BCUT2D eigenvalue weighted by atomic mass is 35.5. The zero-order chi connectivity index (χ0) is 15.6. The third-order valence-electron chi connectivity index (χ3n) is 2.88. The number of rotatable bonds is 6. The topological polar surface area (TPSA) is 81.4 Å². The zero-order valence-corrected chi connectivity index (χ0v) is 13.9. The van der Waals surface area contributed by atoms with Gasteiger partial charge in [-0.25, -0.2) is 13.1 Å². The van der Waals surface area contributed by atoms with Crippen LogP contribution in [-0.4, -0.2) is 27.7 Å². The van der Waals surface area contributed by atoms with Gasteiger partial charge in [-0.3, -0.25) is 0 Å². The molecule has 0 aliphatic carbocycles. The largest absolute Gasteiger partial charge is 0.377 e. The van der Waals surface area contributed by atoms with Crippen molar-refractivity contribution in [3.05, 3.63) is 27.7 Å². The summed E-state index contributed by atoms with van der Waals surface area (Å²) in [5.41, 5.74) is 5.31. The maximum absolute atomic E-state index is 12.3. The van der Waals surface area contributed by atoms with Crippen molar-refractivity contribution < 1.29 is 13.2 Å². The lowest BCUT2D eigenvalue weighted by molar-refractivity contribution is 0.0276. The van der Waals surface area contributed by atoms with Gasteiger partial charge in [0.15, 0.2) is 0 Å². The SMILES string of the molecule is COC(C)(C)CNS(=O)(=O)c1ccc(Cl)c(CN)c1Cl. The van der Waals surface area contributed by atoms with Crippen molar-refractivity contribution in [3.8, 4) is 0 Å². The molecule has 0 saturated heterocycles. The number of nitrogens with two attached hydrogens (primary N) is 1. The minimum absolute atomic E-state index is 0.0442. The molecule has 8 heteroatoms. The van der Waals surface area contributed by atoms with Crippen LogP contribution in [0.2, 0.25) is 10.0 Å². The summed E-state index contributed by atoms with van der Waals surface area (Å²) in [5, 5.41) is 0.386. The molecule has 0 aliphatic heterocycles. The second kappa shape index (κ2) is 6.60. The lowest BCUT2D eigenvalue weighted by Crippen LogP contribution is -2.39. The zero-order valence-electron chi connectivity index (χ0n) is 11.5. The Labute approximate surface area is 129 Å². The Morgan fingerprint density at radius 2 is 1.95 bits per heavy atom. The number of ether oxygens (including phenoxy) is 1. The highest BCUT2D eigenvalue weighted by molar-refractivity contribution is 7.89. The van der Waals surface area contributed by atoms with Gasteiger partial charge in [0.05, 0.1) is 10.6 Å². The van der Waals surface area contributed by atoms with Crippen molar-refractivity contribution in [2.75, 3.05) is 13.7 Å². The Kier molecular flexibility index (Phi) is 5.83. The molecule has 0 aromatic heterocycles. The summed E-state index contributed by atoms with van der Waals surface area (Å²) in [7, 11) is -2.25. The van der Waals surface area contributed by atoms with E-state index in [0.717, 1.165) is 0 Å². The summed E-state index contributed by atoms with van der Waals surface area (Å²) < 4.78 is 32.1. The number of methoxy groups -OCH3 is 1. The molecule has 0 heterocycles. The van der Waals surface area contributed by atoms with Crippen LogP contribution in [0.3, 0.4) is 0 Å². The van der Waals surface area contributed by atoms with Crippen molar-refractivity contribution in [1.82, 2.24) is 4.72 Å². The fraction of sp³-hybridized carbons (Fsp3) is 0.500. The van der Waals surface area contributed by atoms with Crippen LogP contribution >= 0.6 is 23.2 Å². The van der Waals surface area contributed by atoms with Gasteiger partial charge < -0.3 is 10.5 Å². The van der Waals surface area contributed by atoms with Gasteiger partial charge in [-0.05, 0) is 26.0 Å². The molecule has 0 radical (unpaired) electrons. The fourth-order valence-electron chi connectivity index (χ4n) is 1.39. The summed E-state index contributed by atoms with van der Waals surface area (Å²) in [6, 6.07) is 2.82. The van der Waals surface area contributed by atoms with E-state index in [4.69, 9.17) is 33.7 Å². The van der Waals surface area contributed by atoms with E-state index in [1.165, 1.54) is 19.2 Å². The molecular weight excluding hydrogens is 323 g/mol. The first kappa shape index (κ1) is 17.7. The van der Waals surface area contributed by atoms with Gasteiger partial charge in [-0.2, -0.15) is 0 Å². The predicted molar refractivity (Wildman–Crippen MR) is 80.6 cm³/mol. The van der Waals surface area contributed by atoms with Crippen LogP contribution in [0.1, 0.15) is 19.4 Å². The van der Waals surface area contributed by atoms with Crippen molar-refractivity contribution >= 4 is 33.2 Å². The average Bonchev–Trinajstić information content (AvgIpc) is 2.37. The Balaban J connectivity index is 3.11. The van der Waals surface area contributed by atoms with E-state index < -0.39 is 15.6 Å². The molecule has 0 spiro atoms. The van der Waals surface area contributed by atoms with E-state index in [0.29, 0.717) is 10.6 Å². The highest BCUT2D eigenvalue weighted by Crippen LogP contribution is 2.30. The van der Waals surface area contributed by atoms with Crippen molar-refractivity contribution in [3.63, 3.8) is 0 Å². The Morgan fingerprint density at radius 3 is 2.45 bits per heavy atom. The Morgan fingerprint density at radius 1 is 1.35 bits per heavy atom. The van der Waals surface area contributed by atoms with E-state index in [9.17, 15) is 8.42 Å². The molecule has 0 amide bonds. The number of sulfonamides is 1. The maximum Gasteiger partial charge on any atom is 0.242 e. The summed E-state index contributed by atoms with van der Waals surface area (Å²) in [5.74, 6) is 0. The predicted octanol–water partition coefficient (Wildman–Crippen LogP) is 2.16. The average molecular weight is 341 g/mol. The number of halogens is 2. The van der Waals surface area contributed by atoms with Crippen molar-refractivity contribution in [1.29, 1.82) is 0 Å². The monoisotopic (exact) mass is 340 g/mol. The third-order valence-corrected chi connectivity index (χ3v) is 5.23. The van der Waals surface area contributed by atoms with Crippen LogP contribution in [0.4, 0.5) is 0 Å². The van der Waals surface area contributed by atoms with Crippen molar-refractivity contribution in [2.24, 2.45) is 5.73 Å². The smallest absolute Gasteiger partial charge is 0.242 e. The second-order valence-electron chi connectivity index (χ2n) is 4.83. The summed E-state index contributed by atoms with van der Waals surface area (Å²) in [6.45, 7) is 3.71. The number of nitrogens with one attached hydrogen (secondary N) is 1. The van der Waals surface area contributed by atoms with Gasteiger partial charge in [0.1, 0.15) is 4.90 Å². The molecular formula is C12H18Cl2N2O3S. The fourth-order valence-corrected chi connectivity index (χ4v) is 3.52. The van der Waals surface area contributed by atoms with E-state index in [2.05, 4.69) is 4.72 Å². The molecule has 1 rings (SSSR count). The third kappa shape index (κ3) is 4.07. The lowest BCUT2D eigenvalue weighted by atomic mass is 10.1. The van der Waals surface area contributed by atoms with E-state index in [1.54, 1.807) is 13.8 Å². The first-order valence-electron chi connectivity index (χ1n) is 5.86. The van der Waals surface area contributed by atoms with E-state index in [1.807, 2.05) is 0 Å². The number of hydrogen-bond acceptors (Lipinski definition) is 4. The van der Waals surface area contributed by atoms with Crippen LogP contribution < -0.4 is 10.5 Å². The van der Waals surface area contributed by atoms with E-state index >= 15 is 0 Å². The maximum atomic E-state index is 12.3.